The lowest BCUT2D eigenvalue weighted by Crippen LogP contribution is -2.28. The standard InChI is InChI=1S/C46H32N2O2/c1-3-13-28(14-4-1)45-47-41-35-16-6-8-22-38(35)49-44(41)42(48-45)36-20-12-19-34-32-24-23-29(27-39(32)50-43(34)36)30-17-11-18-33-31-15-5-7-21-37(31)46(40(30)33)25-9-2-10-26-46/h1,3-8,11-24,27H,2,9-10,25-26H2. The van der Waals surface area contributed by atoms with Gasteiger partial charge in [-0.2, -0.15) is 0 Å². The summed E-state index contributed by atoms with van der Waals surface area (Å²) >= 11 is 0. The van der Waals surface area contributed by atoms with Gasteiger partial charge in [-0.1, -0.05) is 122 Å². The minimum atomic E-state index is 0.0677. The van der Waals surface area contributed by atoms with Crippen LogP contribution in [-0.4, -0.2) is 9.97 Å². The summed E-state index contributed by atoms with van der Waals surface area (Å²) in [4.78, 5) is 10.2. The zero-order valence-electron chi connectivity index (χ0n) is 27.4. The summed E-state index contributed by atoms with van der Waals surface area (Å²) in [5, 5.41) is 3.12. The Morgan fingerprint density at radius 2 is 1.20 bits per heavy atom. The van der Waals surface area contributed by atoms with Crippen molar-refractivity contribution in [1.82, 2.24) is 9.97 Å². The second kappa shape index (κ2) is 10.5. The van der Waals surface area contributed by atoms with Gasteiger partial charge >= 0.3 is 0 Å². The first-order chi connectivity index (χ1) is 24.8. The summed E-state index contributed by atoms with van der Waals surface area (Å²) in [6, 6.07) is 47.3. The van der Waals surface area contributed by atoms with Gasteiger partial charge in [-0.05, 0) is 76.6 Å². The molecule has 0 unspecified atom stereocenters. The third-order valence-corrected chi connectivity index (χ3v) is 11.3. The highest BCUT2D eigenvalue weighted by Crippen LogP contribution is 2.58. The molecule has 0 amide bonds. The van der Waals surface area contributed by atoms with Crippen molar-refractivity contribution in [2.24, 2.45) is 0 Å². The van der Waals surface area contributed by atoms with E-state index in [9.17, 15) is 0 Å². The molecule has 1 saturated carbocycles. The van der Waals surface area contributed by atoms with Crippen LogP contribution < -0.4 is 0 Å². The van der Waals surface area contributed by atoms with Crippen LogP contribution in [0.3, 0.4) is 0 Å². The summed E-state index contributed by atoms with van der Waals surface area (Å²) in [5.74, 6) is 0.658. The van der Waals surface area contributed by atoms with Crippen LogP contribution in [0.25, 0.3) is 88.9 Å². The molecule has 1 fully saturated rings. The topological polar surface area (TPSA) is 52.1 Å². The number of rotatable bonds is 3. The third kappa shape index (κ3) is 3.87. The van der Waals surface area contributed by atoms with Crippen molar-refractivity contribution in [1.29, 1.82) is 0 Å². The van der Waals surface area contributed by atoms with Gasteiger partial charge in [0.15, 0.2) is 11.4 Å². The number of benzene rings is 6. The molecule has 3 heterocycles. The van der Waals surface area contributed by atoms with Gasteiger partial charge in [-0.25, -0.2) is 9.97 Å². The lowest BCUT2D eigenvalue weighted by molar-refractivity contribution is 0.353. The monoisotopic (exact) mass is 644 g/mol. The van der Waals surface area contributed by atoms with Gasteiger partial charge in [0.2, 0.25) is 0 Å². The van der Waals surface area contributed by atoms with Gasteiger partial charge in [-0.3, -0.25) is 0 Å². The van der Waals surface area contributed by atoms with Gasteiger partial charge in [-0.15, -0.1) is 0 Å². The highest BCUT2D eigenvalue weighted by atomic mass is 16.3. The Morgan fingerprint density at radius 3 is 2.12 bits per heavy atom. The highest BCUT2D eigenvalue weighted by Gasteiger charge is 2.45. The van der Waals surface area contributed by atoms with E-state index in [1.165, 1.54) is 65.5 Å². The quantitative estimate of drug-likeness (QED) is 0.192. The van der Waals surface area contributed by atoms with Crippen LogP contribution >= 0.6 is 0 Å². The fraction of sp³-hybridized carbons (Fsp3) is 0.130. The van der Waals surface area contributed by atoms with Crippen molar-refractivity contribution < 1.29 is 8.83 Å². The number of para-hydroxylation sites is 2. The van der Waals surface area contributed by atoms with E-state index in [0.29, 0.717) is 11.4 Å². The van der Waals surface area contributed by atoms with Crippen molar-refractivity contribution in [3.8, 4) is 44.9 Å². The number of hydrogen-bond acceptors (Lipinski definition) is 4. The van der Waals surface area contributed by atoms with E-state index < -0.39 is 0 Å². The van der Waals surface area contributed by atoms with Crippen molar-refractivity contribution >= 4 is 44.0 Å². The third-order valence-electron chi connectivity index (χ3n) is 11.3. The number of furan rings is 2. The smallest absolute Gasteiger partial charge is 0.180 e. The lowest BCUT2D eigenvalue weighted by Gasteiger charge is -2.37. The normalized spacial score (nSPS) is 15.0. The Morgan fingerprint density at radius 1 is 0.480 bits per heavy atom. The van der Waals surface area contributed by atoms with Crippen molar-refractivity contribution in [2.45, 2.75) is 37.5 Å². The van der Waals surface area contributed by atoms with E-state index in [1.807, 2.05) is 48.5 Å². The molecule has 50 heavy (non-hydrogen) atoms. The molecule has 3 aromatic heterocycles. The van der Waals surface area contributed by atoms with Crippen LogP contribution in [0.4, 0.5) is 0 Å². The van der Waals surface area contributed by atoms with Crippen LogP contribution in [0.5, 0.6) is 0 Å². The minimum absolute atomic E-state index is 0.0677. The second-order valence-corrected chi connectivity index (χ2v) is 13.9. The Balaban J connectivity index is 1.12. The zero-order valence-corrected chi connectivity index (χ0v) is 27.4. The van der Waals surface area contributed by atoms with E-state index in [2.05, 4.69) is 84.9 Å². The summed E-state index contributed by atoms with van der Waals surface area (Å²) < 4.78 is 13.4. The van der Waals surface area contributed by atoms with Gasteiger partial charge < -0.3 is 8.83 Å². The number of nitrogens with zero attached hydrogens (tertiary/aromatic N) is 2. The zero-order chi connectivity index (χ0) is 32.8. The fourth-order valence-corrected chi connectivity index (χ4v) is 9.12. The SMILES string of the molecule is c1ccc(-c2nc(-c3cccc4c3oc3cc(-c5cccc6c5C5(CCCCC5)c5ccccc5-6)ccc34)c3oc4ccccc4c3n2)cc1. The molecule has 2 aliphatic rings. The average molecular weight is 645 g/mol. The summed E-state index contributed by atoms with van der Waals surface area (Å²) in [6.45, 7) is 0. The molecule has 2 aliphatic carbocycles. The molecule has 0 radical (unpaired) electrons. The molecular weight excluding hydrogens is 613 g/mol. The maximum atomic E-state index is 6.88. The molecule has 11 rings (SSSR count). The van der Waals surface area contributed by atoms with Gasteiger partial charge in [0.1, 0.15) is 28.0 Å². The largest absolute Gasteiger partial charge is 0.455 e. The van der Waals surface area contributed by atoms with E-state index >= 15 is 0 Å². The predicted octanol–water partition coefficient (Wildman–Crippen LogP) is 12.5. The summed E-state index contributed by atoms with van der Waals surface area (Å²) in [5.41, 5.74) is 14.9. The molecule has 1 spiro atoms. The van der Waals surface area contributed by atoms with Crippen LogP contribution in [0, 0.1) is 0 Å². The Hall–Kier alpha value is -6.00. The lowest BCUT2D eigenvalue weighted by atomic mass is 9.66. The molecule has 0 atom stereocenters. The maximum Gasteiger partial charge on any atom is 0.180 e. The van der Waals surface area contributed by atoms with Crippen molar-refractivity contribution in [2.75, 3.05) is 0 Å². The molecule has 4 heteroatoms. The van der Waals surface area contributed by atoms with E-state index in [0.717, 1.165) is 55.2 Å². The molecule has 0 aliphatic heterocycles. The van der Waals surface area contributed by atoms with Crippen molar-refractivity contribution in [3.63, 3.8) is 0 Å². The van der Waals surface area contributed by atoms with Crippen molar-refractivity contribution in [3.05, 3.63) is 145 Å². The molecule has 238 valence electrons. The molecule has 0 N–H and O–H groups in total. The van der Waals surface area contributed by atoms with E-state index in [4.69, 9.17) is 18.8 Å². The molecule has 6 aromatic carbocycles. The van der Waals surface area contributed by atoms with Crippen LogP contribution in [0.2, 0.25) is 0 Å². The van der Waals surface area contributed by atoms with Gasteiger partial charge in [0.05, 0.1) is 0 Å². The number of aromatic nitrogens is 2. The maximum absolute atomic E-state index is 6.88. The minimum Gasteiger partial charge on any atom is -0.455 e. The Kier molecular flexibility index (Phi) is 5.86. The molecular formula is C46H32N2O2. The van der Waals surface area contributed by atoms with Crippen LogP contribution in [-0.2, 0) is 5.41 Å². The van der Waals surface area contributed by atoms with Gasteiger partial charge in [0, 0.05) is 32.7 Å². The molecule has 4 nitrogen and oxygen atoms in total. The van der Waals surface area contributed by atoms with E-state index in [1.54, 1.807) is 0 Å². The molecule has 0 bridgehead atoms. The summed E-state index contributed by atoms with van der Waals surface area (Å²) in [7, 11) is 0. The number of fused-ring (bicyclic) bond motifs is 11. The second-order valence-electron chi connectivity index (χ2n) is 13.9. The predicted molar refractivity (Wildman–Crippen MR) is 202 cm³/mol. The molecule has 0 saturated heterocycles. The Labute approximate surface area is 289 Å². The van der Waals surface area contributed by atoms with Crippen LogP contribution in [0.1, 0.15) is 43.2 Å². The number of hydrogen-bond donors (Lipinski definition) is 0. The fourth-order valence-electron chi connectivity index (χ4n) is 9.12. The average Bonchev–Trinajstić information content (AvgIpc) is 3.84. The summed E-state index contributed by atoms with van der Waals surface area (Å²) in [6.07, 6.45) is 6.24. The first kappa shape index (κ1) is 27.9. The highest BCUT2D eigenvalue weighted by molar-refractivity contribution is 6.14. The Bertz CT molecular complexity index is 2800. The first-order valence-electron chi connectivity index (χ1n) is 17.7. The van der Waals surface area contributed by atoms with Gasteiger partial charge in [0.25, 0.3) is 0 Å². The first-order valence-corrected chi connectivity index (χ1v) is 17.7. The van der Waals surface area contributed by atoms with E-state index in [-0.39, 0.29) is 5.41 Å². The van der Waals surface area contributed by atoms with Crippen LogP contribution in [0.15, 0.2) is 142 Å². The molecule has 9 aromatic rings.